The Labute approximate surface area is 194 Å². The molecule has 2 N–H and O–H groups in total. The molecule has 1 fully saturated rings. The quantitative estimate of drug-likeness (QED) is 0.475. The summed E-state index contributed by atoms with van der Waals surface area (Å²) in [6.07, 6.45) is 11.3. The average Bonchev–Trinajstić information content (AvgIpc) is 3.10. The number of aryl methyl sites for hydroxylation is 2. The van der Waals surface area contributed by atoms with Crippen LogP contribution in [0.5, 0.6) is 0 Å². The molecular weight excluding hydrogens is 414 g/mol. The normalized spacial score (nSPS) is 16.2. The molecule has 0 radical (unpaired) electrons. The Morgan fingerprint density at radius 2 is 1.85 bits per heavy atom. The number of hydrogen-bond acceptors (Lipinski definition) is 7. The smallest absolute Gasteiger partial charge is 0.189 e. The standard InChI is InChI=1S/C26H29N5O2/c27-26-25(24(32)15-21-16-28-9-8-23(21)31-10-12-33-13-11-31)30-22(17-29-26)20-7-6-18-4-2-1-3-5-19(18)14-20/h6-9,14,16-17H,1-5,10-13,15H2,(H2,27,29). The SMILES string of the molecule is Nc1ncc(-c2ccc3c(c2)CCCCC3)nc1C(=O)Cc1cnccc1N1CCOCC1. The van der Waals surface area contributed by atoms with Crippen molar-refractivity contribution in [3.8, 4) is 11.3 Å². The number of nitrogen functional groups attached to an aromatic ring is 1. The fourth-order valence-electron chi connectivity index (χ4n) is 4.74. The van der Waals surface area contributed by atoms with Crippen LogP contribution in [0, 0.1) is 0 Å². The highest BCUT2D eigenvalue weighted by Crippen LogP contribution is 2.27. The Hall–Kier alpha value is -3.32. The van der Waals surface area contributed by atoms with Gasteiger partial charge in [-0.15, -0.1) is 0 Å². The monoisotopic (exact) mass is 443 g/mol. The lowest BCUT2D eigenvalue weighted by atomic mass is 9.98. The van der Waals surface area contributed by atoms with E-state index in [0.29, 0.717) is 18.9 Å². The van der Waals surface area contributed by atoms with E-state index in [-0.39, 0.29) is 23.7 Å². The van der Waals surface area contributed by atoms with Crippen molar-refractivity contribution < 1.29 is 9.53 Å². The Kier molecular flexibility index (Phi) is 6.30. The zero-order chi connectivity index (χ0) is 22.6. The molecule has 2 aromatic heterocycles. The summed E-state index contributed by atoms with van der Waals surface area (Å²) in [5.74, 6) is 0.00874. The number of hydrogen-bond donors (Lipinski definition) is 1. The Morgan fingerprint density at radius 1 is 1.03 bits per heavy atom. The molecule has 2 aliphatic rings. The van der Waals surface area contributed by atoms with Gasteiger partial charge in [0.2, 0.25) is 0 Å². The van der Waals surface area contributed by atoms with E-state index in [2.05, 4.69) is 38.1 Å². The number of ketones is 1. The van der Waals surface area contributed by atoms with Crippen molar-refractivity contribution >= 4 is 17.3 Å². The van der Waals surface area contributed by atoms with Crippen LogP contribution >= 0.6 is 0 Å². The van der Waals surface area contributed by atoms with E-state index in [1.165, 1.54) is 30.4 Å². The summed E-state index contributed by atoms with van der Waals surface area (Å²) < 4.78 is 5.46. The number of pyridine rings is 1. The number of benzene rings is 1. The maximum Gasteiger partial charge on any atom is 0.189 e. The van der Waals surface area contributed by atoms with Crippen molar-refractivity contribution in [1.29, 1.82) is 0 Å². The predicted molar refractivity (Wildman–Crippen MR) is 128 cm³/mol. The molecule has 5 rings (SSSR count). The van der Waals surface area contributed by atoms with Gasteiger partial charge in [-0.2, -0.15) is 0 Å². The first kappa shape index (κ1) is 21.5. The number of nitrogens with zero attached hydrogens (tertiary/aromatic N) is 4. The molecule has 1 aliphatic heterocycles. The number of fused-ring (bicyclic) bond motifs is 1. The number of aromatic nitrogens is 3. The zero-order valence-electron chi connectivity index (χ0n) is 18.8. The van der Waals surface area contributed by atoms with Gasteiger partial charge in [-0.1, -0.05) is 18.6 Å². The highest BCUT2D eigenvalue weighted by Gasteiger charge is 2.20. The van der Waals surface area contributed by atoms with Gasteiger partial charge < -0.3 is 15.4 Å². The lowest BCUT2D eigenvalue weighted by Crippen LogP contribution is -2.37. The van der Waals surface area contributed by atoms with E-state index in [1.54, 1.807) is 18.6 Å². The summed E-state index contributed by atoms with van der Waals surface area (Å²) >= 11 is 0. The second kappa shape index (κ2) is 9.67. The van der Waals surface area contributed by atoms with Crippen LogP contribution in [0.4, 0.5) is 11.5 Å². The van der Waals surface area contributed by atoms with Crippen molar-refractivity contribution in [2.45, 2.75) is 38.5 Å². The second-order valence-corrected chi connectivity index (χ2v) is 8.74. The molecule has 0 spiro atoms. The molecule has 7 heteroatoms. The number of carbonyl (C=O) groups excluding carboxylic acids is 1. The fourth-order valence-corrected chi connectivity index (χ4v) is 4.74. The average molecular weight is 444 g/mol. The van der Waals surface area contributed by atoms with Crippen molar-refractivity contribution in [2.24, 2.45) is 0 Å². The van der Waals surface area contributed by atoms with E-state index in [9.17, 15) is 4.79 Å². The van der Waals surface area contributed by atoms with Crippen LogP contribution in [-0.2, 0) is 24.0 Å². The Balaban J connectivity index is 1.41. The molecule has 7 nitrogen and oxygen atoms in total. The minimum Gasteiger partial charge on any atom is -0.382 e. The Bertz CT molecular complexity index is 1160. The number of morpholine rings is 1. The molecule has 0 atom stereocenters. The van der Waals surface area contributed by atoms with E-state index < -0.39 is 0 Å². The van der Waals surface area contributed by atoms with E-state index in [0.717, 1.165) is 42.7 Å². The highest BCUT2D eigenvalue weighted by atomic mass is 16.5. The largest absolute Gasteiger partial charge is 0.382 e. The summed E-state index contributed by atoms with van der Waals surface area (Å²) in [5, 5.41) is 0. The van der Waals surface area contributed by atoms with Gasteiger partial charge in [0, 0.05) is 48.7 Å². The van der Waals surface area contributed by atoms with Gasteiger partial charge in [0.15, 0.2) is 11.6 Å². The first-order chi connectivity index (χ1) is 16.2. The molecule has 0 bridgehead atoms. The maximum absolute atomic E-state index is 13.3. The van der Waals surface area contributed by atoms with Crippen LogP contribution in [0.2, 0.25) is 0 Å². The minimum atomic E-state index is -0.154. The first-order valence-electron chi connectivity index (χ1n) is 11.7. The summed E-state index contributed by atoms with van der Waals surface area (Å²) in [4.78, 5) is 28.7. The van der Waals surface area contributed by atoms with Crippen LogP contribution in [0.3, 0.4) is 0 Å². The molecule has 1 aromatic carbocycles. The summed E-state index contributed by atoms with van der Waals surface area (Å²) in [6, 6.07) is 8.43. The van der Waals surface area contributed by atoms with E-state index in [1.807, 2.05) is 6.07 Å². The maximum atomic E-state index is 13.3. The van der Waals surface area contributed by atoms with Crippen molar-refractivity contribution in [1.82, 2.24) is 15.0 Å². The third-order valence-corrected chi connectivity index (χ3v) is 6.54. The topological polar surface area (TPSA) is 94.2 Å². The van der Waals surface area contributed by atoms with Crippen LogP contribution in [0.25, 0.3) is 11.3 Å². The summed E-state index contributed by atoms with van der Waals surface area (Å²) in [6.45, 7) is 2.94. The van der Waals surface area contributed by atoms with Crippen LogP contribution in [0.15, 0.2) is 42.9 Å². The van der Waals surface area contributed by atoms with Gasteiger partial charge >= 0.3 is 0 Å². The molecule has 33 heavy (non-hydrogen) atoms. The summed E-state index contributed by atoms with van der Waals surface area (Å²) in [5.41, 5.74) is 12.6. The molecule has 1 saturated heterocycles. The molecule has 0 amide bonds. The lowest BCUT2D eigenvalue weighted by molar-refractivity contribution is 0.0988. The van der Waals surface area contributed by atoms with Gasteiger partial charge in [0.1, 0.15) is 5.69 Å². The van der Waals surface area contributed by atoms with Crippen molar-refractivity contribution in [3.63, 3.8) is 0 Å². The minimum absolute atomic E-state index is 0.154. The number of anilines is 2. The zero-order valence-corrected chi connectivity index (χ0v) is 18.8. The van der Waals surface area contributed by atoms with Crippen LogP contribution < -0.4 is 10.6 Å². The van der Waals surface area contributed by atoms with Gasteiger partial charge in [-0.3, -0.25) is 9.78 Å². The molecule has 1 aliphatic carbocycles. The molecule has 0 saturated carbocycles. The van der Waals surface area contributed by atoms with Gasteiger partial charge in [-0.05, 0) is 48.9 Å². The highest BCUT2D eigenvalue weighted by molar-refractivity contribution is 6.00. The third-order valence-electron chi connectivity index (χ3n) is 6.54. The molecule has 0 unspecified atom stereocenters. The number of Topliss-reactive ketones (excluding diaryl/α,β-unsaturated/α-hetero) is 1. The fraction of sp³-hybridized carbons (Fsp3) is 0.385. The number of nitrogens with two attached hydrogens (primary N) is 1. The van der Waals surface area contributed by atoms with E-state index >= 15 is 0 Å². The molecule has 3 aromatic rings. The van der Waals surface area contributed by atoms with E-state index in [4.69, 9.17) is 10.5 Å². The predicted octanol–water partition coefficient (Wildman–Crippen LogP) is 3.65. The number of rotatable bonds is 5. The third kappa shape index (κ3) is 4.73. The van der Waals surface area contributed by atoms with Gasteiger partial charge in [0.25, 0.3) is 0 Å². The van der Waals surface area contributed by atoms with Crippen LogP contribution in [0.1, 0.15) is 46.4 Å². The second-order valence-electron chi connectivity index (χ2n) is 8.74. The first-order valence-corrected chi connectivity index (χ1v) is 11.7. The molecule has 3 heterocycles. The lowest BCUT2D eigenvalue weighted by Gasteiger charge is -2.30. The Morgan fingerprint density at radius 3 is 2.70 bits per heavy atom. The number of carbonyl (C=O) groups is 1. The van der Waals surface area contributed by atoms with Crippen molar-refractivity contribution in [2.75, 3.05) is 36.9 Å². The van der Waals surface area contributed by atoms with Gasteiger partial charge in [0.05, 0.1) is 25.1 Å². The molecule has 170 valence electrons. The van der Waals surface area contributed by atoms with Crippen LogP contribution in [-0.4, -0.2) is 47.0 Å². The van der Waals surface area contributed by atoms with Crippen molar-refractivity contribution in [3.05, 3.63) is 65.2 Å². The summed E-state index contributed by atoms with van der Waals surface area (Å²) in [7, 11) is 0. The number of ether oxygens (including phenoxy) is 1. The van der Waals surface area contributed by atoms with Gasteiger partial charge in [-0.25, -0.2) is 9.97 Å². The molecular formula is C26H29N5O2.